The van der Waals surface area contributed by atoms with Crippen molar-refractivity contribution in [1.82, 2.24) is 0 Å². The summed E-state index contributed by atoms with van der Waals surface area (Å²) < 4.78 is 14.2. The third kappa shape index (κ3) is 2.44. The fourth-order valence-corrected chi connectivity index (χ4v) is 7.37. The summed E-state index contributed by atoms with van der Waals surface area (Å²) in [5.74, 6) is 0. The van der Waals surface area contributed by atoms with Gasteiger partial charge in [0.05, 0.1) is 5.38 Å². The molecule has 0 saturated heterocycles. The predicted octanol–water partition coefficient (Wildman–Crippen LogP) is 3.87. The molecule has 2 nitrogen and oxygen atoms in total. The van der Waals surface area contributed by atoms with E-state index in [2.05, 4.69) is 0 Å². The third-order valence-electron chi connectivity index (χ3n) is 4.54. The number of halogens is 1. The summed E-state index contributed by atoms with van der Waals surface area (Å²) >= 11 is 6.49. The molecule has 1 aliphatic rings. The van der Waals surface area contributed by atoms with E-state index in [0.717, 1.165) is 12.8 Å². The third-order valence-corrected chi connectivity index (χ3v) is 8.95. The Hall–Kier alpha value is -1.08. The zero-order valence-corrected chi connectivity index (χ0v) is 14.0. The molecule has 2 aromatic carbocycles. The molecule has 0 aromatic heterocycles. The van der Waals surface area contributed by atoms with Crippen LogP contribution >= 0.6 is 18.7 Å². The van der Waals surface area contributed by atoms with Crippen LogP contribution in [0.5, 0.6) is 0 Å². The second-order valence-corrected chi connectivity index (χ2v) is 9.42. The summed E-state index contributed by atoms with van der Waals surface area (Å²) in [5, 5.41) is 10.9. The van der Waals surface area contributed by atoms with Crippen LogP contribution in [0, 0.1) is 0 Å². The summed E-state index contributed by atoms with van der Waals surface area (Å²) in [6.45, 7) is 0. The van der Waals surface area contributed by atoms with Crippen LogP contribution in [-0.2, 0) is 4.57 Å². The smallest absolute Gasteiger partial charge is 0.174 e. The molecule has 0 spiro atoms. The van der Waals surface area contributed by atoms with Crippen LogP contribution in [-0.4, -0.2) is 15.8 Å². The summed E-state index contributed by atoms with van der Waals surface area (Å²) in [7, 11) is -3.24. The number of alkyl halides is 1. The summed E-state index contributed by atoms with van der Waals surface area (Å²) in [5.41, 5.74) is 0. The standard InChI is InChI=1S/C18H20ClO2P/c19-17-13-7-8-14-18(17,20)22(21,15-9-3-1-4-10-15)16-11-5-2-6-12-16/h1-6,9-12,17,20H,7-8,13-14H2. The van der Waals surface area contributed by atoms with E-state index in [0.29, 0.717) is 23.5 Å². The fourth-order valence-electron chi connectivity index (χ4n) is 3.32. The second kappa shape index (κ2) is 6.20. The van der Waals surface area contributed by atoms with Gasteiger partial charge in [-0.15, -0.1) is 11.6 Å². The van der Waals surface area contributed by atoms with Gasteiger partial charge in [-0.25, -0.2) is 0 Å². The van der Waals surface area contributed by atoms with Crippen LogP contribution in [0.15, 0.2) is 60.7 Å². The Labute approximate surface area is 136 Å². The van der Waals surface area contributed by atoms with E-state index in [-0.39, 0.29) is 0 Å². The molecule has 0 aliphatic heterocycles. The van der Waals surface area contributed by atoms with Crippen LogP contribution in [0.1, 0.15) is 25.7 Å². The highest BCUT2D eigenvalue weighted by Gasteiger charge is 2.54. The monoisotopic (exact) mass is 334 g/mol. The maximum absolute atomic E-state index is 14.2. The lowest BCUT2D eigenvalue weighted by Crippen LogP contribution is -2.47. The van der Waals surface area contributed by atoms with Crippen molar-refractivity contribution >= 4 is 29.4 Å². The molecule has 0 bridgehead atoms. The molecular formula is C18H20ClO2P. The lowest BCUT2D eigenvalue weighted by Gasteiger charge is -2.42. The zero-order chi connectivity index (χ0) is 15.6. The first-order valence-corrected chi connectivity index (χ1v) is 9.81. The minimum absolute atomic E-state index is 0.474. The van der Waals surface area contributed by atoms with E-state index in [1.54, 1.807) is 0 Å². The van der Waals surface area contributed by atoms with Crippen molar-refractivity contribution in [3.63, 3.8) is 0 Å². The number of aliphatic hydroxyl groups is 1. The van der Waals surface area contributed by atoms with Gasteiger partial charge in [0.1, 0.15) is 5.34 Å². The average Bonchev–Trinajstić information content (AvgIpc) is 2.58. The van der Waals surface area contributed by atoms with Crippen LogP contribution in [0.4, 0.5) is 0 Å². The minimum atomic E-state index is -3.24. The van der Waals surface area contributed by atoms with Gasteiger partial charge in [-0.2, -0.15) is 0 Å². The Morgan fingerprint density at radius 1 is 0.955 bits per heavy atom. The Kier molecular flexibility index (Phi) is 4.45. The molecule has 1 N–H and O–H groups in total. The van der Waals surface area contributed by atoms with Gasteiger partial charge in [0.2, 0.25) is 0 Å². The maximum Gasteiger partial charge on any atom is 0.174 e. The molecule has 1 aliphatic carbocycles. The molecule has 0 amide bonds. The summed E-state index contributed by atoms with van der Waals surface area (Å²) in [6.07, 6.45) is 2.99. The Balaban J connectivity index is 2.22. The minimum Gasteiger partial charge on any atom is -0.380 e. The molecule has 0 heterocycles. The van der Waals surface area contributed by atoms with Crippen molar-refractivity contribution in [2.75, 3.05) is 0 Å². The summed E-state index contributed by atoms with van der Waals surface area (Å²) in [6, 6.07) is 18.6. The molecule has 2 aromatic rings. The van der Waals surface area contributed by atoms with Gasteiger partial charge in [-0.1, -0.05) is 67.1 Å². The molecule has 2 atom stereocenters. The number of benzene rings is 2. The van der Waals surface area contributed by atoms with Crippen molar-refractivity contribution in [2.24, 2.45) is 0 Å². The van der Waals surface area contributed by atoms with Crippen LogP contribution in [0.3, 0.4) is 0 Å². The van der Waals surface area contributed by atoms with Gasteiger partial charge >= 0.3 is 0 Å². The highest BCUT2D eigenvalue weighted by atomic mass is 35.5. The lowest BCUT2D eigenvalue weighted by molar-refractivity contribution is 0.0878. The molecule has 0 radical (unpaired) electrons. The lowest BCUT2D eigenvalue weighted by atomic mass is 9.96. The van der Waals surface area contributed by atoms with Crippen molar-refractivity contribution in [1.29, 1.82) is 0 Å². The Morgan fingerprint density at radius 3 is 1.91 bits per heavy atom. The highest BCUT2D eigenvalue weighted by molar-refractivity contribution is 7.80. The molecule has 1 fully saturated rings. The van der Waals surface area contributed by atoms with E-state index >= 15 is 0 Å². The molecular weight excluding hydrogens is 315 g/mol. The predicted molar refractivity (Wildman–Crippen MR) is 92.8 cm³/mol. The first kappa shape index (κ1) is 15.8. The first-order chi connectivity index (χ1) is 10.6. The van der Waals surface area contributed by atoms with E-state index in [1.807, 2.05) is 60.7 Å². The van der Waals surface area contributed by atoms with Crippen LogP contribution in [0.2, 0.25) is 0 Å². The fraction of sp³-hybridized carbons (Fsp3) is 0.333. The van der Waals surface area contributed by atoms with Crippen LogP contribution < -0.4 is 10.6 Å². The topological polar surface area (TPSA) is 37.3 Å². The summed E-state index contributed by atoms with van der Waals surface area (Å²) in [4.78, 5) is 0. The van der Waals surface area contributed by atoms with E-state index in [4.69, 9.17) is 11.6 Å². The first-order valence-electron chi connectivity index (χ1n) is 7.67. The SMILES string of the molecule is O=P(c1ccccc1)(c1ccccc1)C1(O)CCCCC1Cl. The van der Waals surface area contributed by atoms with E-state index in [1.165, 1.54) is 0 Å². The molecule has 1 saturated carbocycles. The quantitative estimate of drug-likeness (QED) is 0.683. The van der Waals surface area contributed by atoms with Crippen molar-refractivity contribution in [2.45, 2.75) is 36.4 Å². The van der Waals surface area contributed by atoms with Gasteiger partial charge in [-0.3, -0.25) is 0 Å². The molecule has 2 unspecified atom stereocenters. The number of rotatable bonds is 3. The van der Waals surface area contributed by atoms with Crippen molar-refractivity contribution in [3.8, 4) is 0 Å². The molecule has 4 heteroatoms. The normalized spacial score (nSPS) is 25.8. The van der Waals surface area contributed by atoms with Gasteiger partial charge in [-0.05, 0) is 19.3 Å². The van der Waals surface area contributed by atoms with Gasteiger partial charge in [0, 0.05) is 10.6 Å². The average molecular weight is 335 g/mol. The molecule has 3 rings (SSSR count). The van der Waals surface area contributed by atoms with E-state index < -0.39 is 17.9 Å². The van der Waals surface area contributed by atoms with Gasteiger partial charge in [0.15, 0.2) is 7.14 Å². The number of hydrogen-bond donors (Lipinski definition) is 1. The van der Waals surface area contributed by atoms with E-state index in [9.17, 15) is 9.67 Å². The number of hydrogen-bond acceptors (Lipinski definition) is 2. The molecule has 22 heavy (non-hydrogen) atoms. The second-order valence-electron chi connectivity index (χ2n) is 5.87. The molecule has 116 valence electrons. The van der Waals surface area contributed by atoms with Crippen molar-refractivity contribution < 1.29 is 9.67 Å². The maximum atomic E-state index is 14.2. The van der Waals surface area contributed by atoms with Crippen LogP contribution in [0.25, 0.3) is 0 Å². The van der Waals surface area contributed by atoms with Gasteiger partial charge in [0.25, 0.3) is 0 Å². The Bertz CT molecular complexity index is 631. The Morgan fingerprint density at radius 2 is 1.45 bits per heavy atom. The highest BCUT2D eigenvalue weighted by Crippen LogP contribution is 2.61. The largest absolute Gasteiger partial charge is 0.380 e. The van der Waals surface area contributed by atoms with Crippen molar-refractivity contribution in [3.05, 3.63) is 60.7 Å². The van der Waals surface area contributed by atoms with Gasteiger partial charge < -0.3 is 9.67 Å². The zero-order valence-electron chi connectivity index (χ0n) is 12.4.